The molecule has 2 aromatic carbocycles. The third kappa shape index (κ3) is 3.89. The molecule has 24 heavy (non-hydrogen) atoms. The molecule has 0 atom stereocenters. The number of hydrogen-bond donors (Lipinski definition) is 2. The van der Waals surface area contributed by atoms with Gasteiger partial charge in [0.2, 0.25) is 0 Å². The molecule has 1 aromatic heterocycles. The van der Waals surface area contributed by atoms with E-state index in [-0.39, 0.29) is 6.61 Å². The van der Waals surface area contributed by atoms with E-state index in [0.717, 1.165) is 34.4 Å². The average molecular weight is 317 g/mol. The van der Waals surface area contributed by atoms with Crippen molar-refractivity contribution in [3.05, 3.63) is 66.0 Å². The molecule has 0 bridgehead atoms. The van der Waals surface area contributed by atoms with Gasteiger partial charge in [-0.1, -0.05) is 42.2 Å². The molecule has 0 fully saturated rings. The summed E-state index contributed by atoms with van der Waals surface area (Å²) in [5, 5.41) is 13.4. The number of para-hydroxylation sites is 1. The molecule has 0 aliphatic heterocycles. The minimum Gasteiger partial charge on any atom is -0.396 e. The van der Waals surface area contributed by atoms with Gasteiger partial charge in [0.05, 0.1) is 5.52 Å². The zero-order valence-corrected chi connectivity index (χ0v) is 13.4. The molecule has 0 saturated carbocycles. The van der Waals surface area contributed by atoms with Crippen molar-refractivity contribution >= 4 is 16.7 Å². The van der Waals surface area contributed by atoms with Gasteiger partial charge in [-0.05, 0) is 30.2 Å². The summed E-state index contributed by atoms with van der Waals surface area (Å²) in [6.07, 6.45) is 2.92. The molecule has 3 rings (SSSR count). The van der Waals surface area contributed by atoms with Gasteiger partial charge in [-0.25, -0.2) is 9.97 Å². The third-order valence-corrected chi connectivity index (χ3v) is 3.71. The summed E-state index contributed by atoms with van der Waals surface area (Å²) in [5.41, 5.74) is 3.00. The monoisotopic (exact) mass is 317 g/mol. The maximum absolute atomic E-state index is 9.10. The lowest BCUT2D eigenvalue weighted by molar-refractivity contribution is 0.299. The number of benzene rings is 2. The number of hydrogen-bond acceptors (Lipinski definition) is 4. The van der Waals surface area contributed by atoms with Crippen LogP contribution in [0, 0.1) is 11.8 Å². The molecule has 0 aliphatic rings. The van der Waals surface area contributed by atoms with E-state index in [9.17, 15) is 0 Å². The van der Waals surface area contributed by atoms with Crippen molar-refractivity contribution in [1.82, 2.24) is 9.97 Å². The molecule has 0 spiro atoms. The third-order valence-electron chi connectivity index (χ3n) is 3.71. The van der Waals surface area contributed by atoms with Crippen molar-refractivity contribution < 1.29 is 5.11 Å². The Kier molecular flexibility index (Phi) is 5.39. The van der Waals surface area contributed by atoms with Crippen LogP contribution in [0.3, 0.4) is 0 Å². The Morgan fingerprint density at radius 1 is 1.00 bits per heavy atom. The van der Waals surface area contributed by atoms with Crippen LogP contribution in [0.5, 0.6) is 0 Å². The van der Waals surface area contributed by atoms with Gasteiger partial charge in [0.25, 0.3) is 0 Å². The highest BCUT2D eigenvalue weighted by molar-refractivity contribution is 5.88. The Balaban J connectivity index is 1.62. The number of fused-ring (bicyclic) bond motifs is 1. The molecule has 1 heterocycles. The zero-order valence-electron chi connectivity index (χ0n) is 13.4. The van der Waals surface area contributed by atoms with Gasteiger partial charge in [0, 0.05) is 30.5 Å². The molecular formula is C20H19N3O. The summed E-state index contributed by atoms with van der Waals surface area (Å²) in [6, 6.07) is 15.9. The van der Waals surface area contributed by atoms with Crippen LogP contribution in [0.4, 0.5) is 5.82 Å². The first-order valence-electron chi connectivity index (χ1n) is 8.00. The van der Waals surface area contributed by atoms with Crippen LogP contribution in [0.25, 0.3) is 10.9 Å². The summed E-state index contributed by atoms with van der Waals surface area (Å²) < 4.78 is 0. The summed E-state index contributed by atoms with van der Waals surface area (Å²) in [5.74, 6) is 7.21. The van der Waals surface area contributed by atoms with Crippen molar-refractivity contribution in [1.29, 1.82) is 0 Å². The number of nitrogens with one attached hydrogen (secondary N) is 1. The highest BCUT2D eigenvalue weighted by Gasteiger charge is 2.01. The lowest BCUT2D eigenvalue weighted by Crippen LogP contribution is -2.03. The number of rotatable bonds is 5. The second-order valence-electron chi connectivity index (χ2n) is 5.35. The Bertz CT molecular complexity index is 875. The number of aliphatic hydroxyl groups is 1. The summed E-state index contributed by atoms with van der Waals surface area (Å²) >= 11 is 0. The minimum absolute atomic E-state index is 0.140. The fourth-order valence-corrected chi connectivity index (χ4v) is 2.53. The highest BCUT2D eigenvalue weighted by atomic mass is 16.2. The van der Waals surface area contributed by atoms with Crippen LogP contribution in [-0.2, 0) is 6.42 Å². The Morgan fingerprint density at radius 3 is 2.75 bits per heavy atom. The van der Waals surface area contributed by atoms with Crippen molar-refractivity contribution in [3.8, 4) is 11.8 Å². The zero-order chi connectivity index (χ0) is 16.6. The van der Waals surface area contributed by atoms with Crippen LogP contribution < -0.4 is 5.32 Å². The molecule has 0 saturated heterocycles. The first-order valence-corrected chi connectivity index (χ1v) is 8.00. The van der Waals surface area contributed by atoms with Crippen LogP contribution >= 0.6 is 0 Å². The molecule has 3 aromatic rings. The number of aromatic nitrogens is 2. The molecule has 0 amide bonds. The summed E-state index contributed by atoms with van der Waals surface area (Å²) in [6.45, 7) is 0.858. The number of nitrogens with zero attached hydrogens (tertiary/aromatic N) is 2. The van der Waals surface area contributed by atoms with Gasteiger partial charge in [-0.2, -0.15) is 0 Å². The first kappa shape index (κ1) is 16.0. The van der Waals surface area contributed by atoms with E-state index < -0.39 is 0 Å². The summed E-state index contributed by atoms with van der Waals surface area (Å²) in [4.78, 5) is 8.56. The van der Waals surface area contributed by atoms with Crippen molar-refractivity contribution in [2.75, 3.05) is 18.5 Å². The van der Waals surface area contributed by atoms with Gasteiger partial charge in [0.15, 0.2) is 0 Å². The largest absolute Gasteiger partial charge is 0.396 e. The molecule has 0 aliphatic carbocycles. The van der Waals surface area contributed by atoms with E-state index in [2.05, 4.69) is 27.1 Å². The van der Waals surface area contributed by atoms with Crippen molar-refractivity contribution in [2.45, 2.75) is 12.8 Å². The molecule has 120 valence electrons. The quantitative estimate of drug-likeness (QED) is 0.561. The maximum atomic E-state index is 9.10. The van der Waals surface area contributed by atoms with Crippen molar-refractivity contribution in [3.63, 3.8) is 0 Å². The first-order chi connectivity index (χ1) is 11.9. The number of anilines is 1. The van der Waals surface area contributed by atoms with Gasteiger partial charge >= 0.3 is 0 Å². The smallest absolute Gasteiger partial charge is 0.137 e. The second-order valence-corrected chi connectivity index (χ2v) is 5.35. The van der Waals surface area contributed by atoms with Gasteiger partial charge in [-0.3, -0.25) is 0 Å². The molecule has 2 N–H and O–H groups in total. The molecule has 4 nitrogen and oxygen atoms in total. The molecular weight excluding hydrogens is 298 g/mol. The highest BCUT2D eigenvalue weighted by Crippen LogP contribution is 2.17. The van der Waals surface area contributed by atoms with E-state index in [1.165, 1.54) is 0 Å². The van der Waals surface area contributed by atoms with E-state index in [1.54, 1.807) is 6.33 Å². The molecule has 4 heteroatoms. The maximum Gasteiger partial charge on any atom is 0.137 e. The fraction of sp³-hybridized carbons (Fsp3) is 0.200. The van der Waals surface area contributed by atoms with Crippen molar-refractivity contribution in [2.24, 2.45) is 0 Å². The normalized spacial score (nSPS) is 10.2. The summed E-state index contributed by atoms with van der Waals surface area (Å²) in [7, 11) is 0. The van der Waals surface area contributed by atoms with Gasteiger partial charge in [-0.15, -0.1) is 0 Å². The average Bonchev–Trinajstić information content (AvgIpc) is 2.63. The molecule has 0 unspecified atom stereocenters. The van der Waals surface area contributed by atoms with Crippen LogP contribution in [0.1, 0.15) is 17.5 Å². The SMILES string of the molecule is OCCc1ccccc1C#CCCNc1ncnc2ccccc12. The van der Waals surface area contributed by atoms with E-state index in [4.69, 9.17) is 5.11 Å². The molecule has 0 radical (unpaired) electrons. The Morgan fingerprint density at radius 2 is 1.83 bits per heavy atom. The standard InChI is InChI=1S/C20H19N3O/c24-14-12-17-8-2-1-7-16(17)9-5-6-13-21-20-18-10-3-4-11-19(18)22-15-23-20/h1-4,7-8,10-11,15,24H,6,12-14H2,(H,21,22,23). The van der Waals surface area contributed by atoms with Crippen LogP contribution in [0.15, 0.2) is 54.9 Å². The second kappa shape index (κ2) is 8.09. The predicted molar refractivity (Wildman–Crippen MR) is 96.8 cm³/mol. The Hall–Kier alpha value is -2.90. The van der Waals surface area contributed by atoms with Gasteiger partial charge in [0.1, 0.15) is 12.1 Å². The van der Waals surface area contributed by atoms with E-state index >= 15 is 0 Å². The lowest BCUT2D eigenvalue weighted by atomic mass is 10.1. The topological polar surface area (TPSA) is 58.0 Å². The van der Waals surface area contributed by atoms with Gasteiger partial charge < -0.3 is 10.4 Å². The van der Waals surface area contributed by atoms with Crippen LogP contribution in [-0.4, -0.2) is 28.2 Å². The van der Waals surface area contributed by atoms with E-state index in [0.29, 0.717) is 12.8 Å². The fourth-order valence-electron chi connectivity index (χ4n) is 2.53. The number of aliphatic hydroxyl groups excluding tert-OH is 1. The predicted octanol–water partition coefficient (Wildman–Crippen LogP) is 3.02. The Labute approximate surface area is 141 Å². The minimum atomic E-state index is 0.140. The lowest BCUT2D eigenvalue weighted by Gasteiger charge is -2.06. The van der Waals surface area contributed by atoms with E-state index in [1.807, 2.05) is 48.5 Å². The van der Waals surface area contributed by atoms with Crippen LogP contribution in [0.2, 0.25) is 0 Å².